The van der Waals surface area contributed by atoms with Crippen LogP contribution < -0.4 is 0 Å². The highest BCUT2D eigenvalue weighted by Gasteiger charge is 2.23. The second-order valence-electron chi connectivity index (χ2n) is 6.17. The highest BCUT2D eigenvalue weighted by Crippen LogP contribution is 2.42. The van der Waals surface area contributed by atoms with Crippen molar-refractivity contribution < 1.29 is 31.0 Å². The van der Waals surface area contributed by atoms with Crippen LogP contribution in [0.25, 0.3) is 21.8 Å². The van der Waals surface area contributed by atoms with Crippen LogP contribution in [0.5, 0.6) is 5.75 Å². The number of benzene rings is 3. The predicted octanol–water partition coefficient (Wildman–Crippen LogP) is 3.33. The number of phenolic OH excluding ortho intramolecular Hbond substituents is 1. The van der Waals surface area contributed by atoms with Crippen LogP contribution >= 0.6 is 0 Å². The Kier molecular flexibility index (Phi) is 4.54. The third kappa shape index (κ3) is 3.50. The smallest absolute Gasteiger partial charge is 0.296 e. The maximum absolute atomic E-state index is 11.9. The summed E-state index contributed by atoms with van der Waals surface area (Å²) in [6.45, 7) is 0. The molecular formula is C17H12N4O7S2. The quantitative estimate of drug-likeness (QED) is 0.271. The monoisotopic (exact) mass is 448 g/mol. The third-order valence-corrected chi connectivity index (χ3v) is 6.04. The largest absolute Gasteiger partial charge is 0.505 e. The zero-order valence-electron chi connectivity index (χ0n) is 14.8. The Bertz CT molecular complexity index is 1540. The van der Waals surface area contributed by atoms with Gasteiger partial charge in [-0.3, -0.25) is 9.11 Å². The van der Waals surface area contributed by atoms with Crippen LogP contribution in [-0.2, 0) is 20.2 Å². The molecule has 0 unspecified atom stereocenters. The second-order valence-corrected chi connectivity index (χ2v) is 8.98. The van der Waals surface area contributed by atoms with Crippen LogP contribution in [-0.4, -0.2) is 41.0 Å². The van der Waals surface area contributed by atoms with E-state index in [2.05, 4.69) is 20.2 Å². The molecule has 1 heterocycles. The number of aromatic hydroxyl groups is 1. The van der Waals surface area contributed by atoms with Crippen molar-refractivity contribution >= 4 is 53.4 Å². The van der Waals surface area contributed by atoms with Gasteiger partial charge >= 0.3 is 0 Å². The predicted molar refractivity (Wildman–Crippen MR) is 106 cm³/mol. The molecule has 0 aliphatic heterocycles. The summed E-state index contributed by atoms with van der Waals surface area (Å²) in [5.74, 6) is -0.532. The van der Waals surface area contributed by atoms with E-state index in [1.165, 1.54) is 24.5 Å². The molecule has 1 aromatic heterocycles. The molecule has 0 atom stereocenters. The zero-order valence-corrected chi connectivity index (χ0v) is 16.4. The molecule has 11 nitrogen and oxygen atoms in total. The molecule has 4 N–H and O–H groups in total. The Morgan fingerprint density at radius 2 is 1.57 bits per heavy atom. The fraction of sp³-hybridized carbons (Fsp3) is 0. The van der Waals surface area contributed by atoms with Crippen molar-refractivity contribution in [2.75, 3.05) is 0 Å². The first kappa shape index (κ1) is 19.9. The van der Waals surface area contributed by atoms with Crippen molar-refractivity contribution in [1.82, 2.24) is 9.97 Å². The molecule has 4 aromatic rings. The molecule has 0 spiro atoms. The van der Waals surface area contributed by atoms with Gasteiger partial charge in [0.05, 0.1) is 27.9 Å². The first-order chi connectivity index (χ1) is 14.1. The normalized spacial score (nSPS) is 12.9. The highest BCUT2D eigenvalue weighted by molar-refractivity contribution is 7.86. The van der Waals surface area contributed by atoms with E-state index in [1.54, 1.807) is 6.07 Å². The standard InChI is InChI=1S/C17H12N4O7S2/c22-17-11-5-6-13-15(19-8-18-13)12(11)7-14(30(26,27)28)16(17)21-20-9-1-3-10(4-2-9)29(23,24)25/h1-8,22H,(H,18,19)(H,23,24,25)(H,26,27,28)/b21-20-. The molecule has 0 radical (unpaired) electrons. The summed E-state index contributed by atoms with van der Waals surface area (Å²) in [4.78, 5) is 5.87. The molecule has 0 bridgehead atoms. The molecule has 0 saturated carbocycles. The summed E-state index contributed by atoms with van der Waals surface area (Å²) in [6.07, 6.45) is 1.40. The fourth-order valence-electron chi connectivity index (χ4n) is 2.92. The summed E-state index contributed by atoms with van der Waals surface area (Å²) in [6, 6.07) is 8.83. The van der Waals surface area contributed by atoms with Gasteiger partial charge in [0.15, 0.2) is 5.75 Å². The van der Waals surface area contributed by atoms with Crippen molar-refractivity contribution in [2.24, 2.45) is 10.2 Å². The van der Waals surface area contributed by atoms with E-state index in [-0.39, 0.29) is 16.0 Å². The number of nitrogens with zero attached hydrogens (tertiary/aromatic N) is 3. The maximum Gasteiger partial charge on any atom is 0.296 e. The summed E-state index contributed by atoms with van der Waals surface area (Å²) < 4.78 is 64.6. The van der Waals surface area contributed by atoms with Gasteiger partial charge in [-0.1, -0.05) is 0 Å². The average Bonchev–Trinajstić information content (AvgIpc) is 3.15. The summed E-state index contributed by atoms with van der Waals surface area (Å²) in [7, 11) is -9.18. The number of azo groups is 1. The van der Waals surface area contributed by atoms with Gasteiger partial charge in [-0.05, 0) is 42.5 Å². The van der Waals surface area contributed by atoms with Gasteiger partial charge in [0.1, 0.15) is 10.6 Å². The van der Waals surface area contributed by atoms with Crippen LogP contribution in [0.1, 0.15) is 0 Å². The van der Waals surface area contributed by atoms with E-state index in [4.69, 9.17) is 4.55 Å². The SMILES string of the molecule is O=S(=O)(O)c1ccc(/N=N\c2c(S(=O)(=O)O)cc3c(ccc4nc[nH]c43)c2O)cc1. The Labute approximate surface area is 169 Å². The molecule has 30 heavy (non-hydrogen) atoms. The van der Waals surface area contributed by atoms with Gasteiger partial charge < -0.3 is 10.1 Å². The minimum atomic E-state index is -4.79. The van der Waals surface area contributed by atoms with Gasteiger partial charge in [0.25, 0.3) is 20.2 Å². The molecule has 0 fully saturated rings. The molecule has 13 heteroatoms. The van der Waals surface area contributed by atoms with Gasteiger partial charge in [0, 0.05) is 10.8 Å². The van der Waals surface area contributed by atoms with Crippen molar-refractivity contribution in [3.8, 4) is 5.75 Å². The number of phenols is 1. The number of aromatic amines is 1. The molecule has 0 saturated heterocycles. The lowest BCUT2D eigenvalue weighted by Gasteiger charge is -2.09. The molecule has 4 rings (SSSR count). The lowest BCUT2D eigenvalue weighted by atomic mass is 10.1. The van der Waals surface area contributed by atoms with Crippen molar-refractivity contribution in [3.05, 3.63) is 48.8 Å². The molecule has 0 amide bonds. The lowest BCUT2D eigenvalue weighted by molar-refractivity contribution is 0.472. The topological polar surface area (TPSA) is 182 Å². The number of imidazole rings is 1. The van der Waals surface area contributed by atoms with Crippen LogP contribution in [0.2, 0.25) is 0 Å². The van der Waals surface area contributed by atoms with E-state index < -0.39 is 36.6 Å². The number of H-pyrrole nitrogens is 1. The summed E-state index contributed by atoms with van der Waals surface area (Å²) in [5.41, 5.74) is 0.586. The third-order valence-electron chi connectivity index (χ3n) is 4.30. The lowest BCUT2D eigenvalue weighted by Crippen LogP contribution is -1.99. The Morgan fingerprint density at radius 1 is 0.867 bits per heavy atom. The number of nitrogens with one attached hydrogen (secondary N) is 1. The van der Waals surface area contributed by atoms with Crippen molar-refractivity contribution in [1.29, 1.82) is 0 Å². The van der Waals surface area contributed by atoms with E-state index in [0.29, 0.717) is 16.4 Å². The Hall–Kier alpha value is -3.39. The Morgan fingerprint density at radius 3 is 2.20 bits per heavy atom. The van der Waals surface area contributed by atoms with Gasteiger partial charge in [-0.15, -0.1) is 5.11 Å². The zero-order chi connectivity index (χ0) is 21.7. The van der Waals surface area contributed by atoms with Gasteiger partial charge in [-0.25, -0.2) is 4.98 Å². The summed E-state index contributed by atoms with van der Waals surface area (Å²) in [5, 5.41) is 18.7. The van der Waals surface area contributed by atoms with Gasteiger partial charge in [-0.2, -0.15) is 21.9 Å². The fourth-order valence-corrected chi connectivity index (χ4v) is 4.05. The number of aromatic nitrogens is 2. The number of fused-ring (bicyclic) bond motifs is 3. The molecule has 3 aromatic carbocycles. The molecule has 154 valence electrons. The minimum Gasteiger partial charge on any atom is -0.505 e. The van der Waals surface area contributed by atoms with Crippen LogP contribution in [0.4, 0.5) is 11.4 Å². The number of hydrogen-bond donors (Lipinski definition) is 4. The molecule has 0 aliphatic rings. The minimum absolute atomic E-state index is 0.104. The average molecular weight is 448 g/mol. The van der Waals surface area contributed by atoms with E-state index in [9.17, 15) is 26.5 Å². The number of hydrogen-bond acceptors (Lipinski definition) is 8. The number of rotatable bonds is 4. The van der Waals surface area contributed by atoms with Crippen molar-refractivity contribution in [2.45, 2.75) is 9.79 Å². The molecular weight excluding hydrogens is 436 g/mol. The maximum atomic E-state index is 11.9. The van der Waals surface area contributed by atoms with E-state index in [0.717, 1.165) is 18.2 Å². The van der Waals surface area contributed by atoms with Crippen LogP contribution in [0, 0.1) is 0 Å². The van der Waals surface area contributed by atoms with Crippen LogP contribution in [0.15, 0.2) is 68.8 Å². The Balaban J connectivity index is 1.90. The summed E-state index contributed by atoms with van der Waals surface area (Å²) >= 11 is 0. The van der Waals surface area contributed by atoms with Crippen molar-refractivity contribution in [3.63, 3.8) is 0 Å². The first-order valence-corrected chi connectivity index (χ1v) is 11.0. The molecule has 0 aliphatic carbocycles. The van der Waals surface area contributed by atoms with Gasteiger partial charge in [0.2, 0.25) is 0 Å². The second kappa shape index (κ2) is 6.84. The first-order valence-electron chi connectivity index (χ1n) is 8.14. The highest BCUT2D eigenvalue weighted by atomic mass is 32.2. The van der Waals surface area contributed by atoms with E-state index >= 15 is 0 Å². The van der Waals surface area contributed by atoms with Crippen LogP contribution in [0.3, 0.4) is 0 Å². The van der Waals surface area contributed by atoms with E-state index in [1.807, 2.05) is 0 Å².